The second kappa shape index (κ2) is 9.14. The molecule has 5 aromatic rings. The van der Waals surface area contributed by atoms with Gasteiger partial charge in [-0.3, -0.25) is 0 Å². The molecule has 0 bridgehead atoms. The Morgan fingerprint density at radius 1 is 0.528 bits per heavy atom. The average molecular weight is 490 g/mol. The summed E-state index contributed by atoms with van der Waals surface area (Å²) in [6.07, 6.45) is 0. The van der Waals surface area contributed by atoms with Gasteiger partial charge in [-0.05, 0) is 70.1 Å². The normalized spacial score (nSPS) is 11.0. The third kappa shape index (κ3) is 4.24. The predicted molar refractivity (Wildman–Crippen MR) is 124 cm³/mol. The molecule has 0 atom stereocenters. The Balaban J connectivity index is 1.49. The molecule has 0 aromatic heterocycles. The van der Waals surface area contributed by atoms with E-state index in [1.54, 1.807) is 12.1 Å². The maximum Gasteiger partial charge on any atom is 0.346 e. The second-order valence-electron chi connectivity index (χ2n) is 7.81. The molecular weight excluding hydrogens is 476 g/mol. The van der Waals surface area contributed by atoms with E-state index >= 15 is 0 Å². The lowest BCUT2D eigenvalue weighted by Crippen LogP contribution is -2.11. The fourth-order valence-electron chi connectivity index (χ4n) is 3.78. The van der Waals surface area contributed by atoms with Crippen molar-refractivity contribution >= 4 is 33.5 Å². The molecule has 36 heavy (non-hydrogen) atoms. The van der Waals surface area contributed by atoms with E-state index in [2.05, 4.69) is 0 Å². The van der Waals surface area contributed by atoms with Crippen LogP contribution in [0.2, 0.25) is 0 Å². The summed E-state index contributed by atoms with van der Waals surface area (Å²) in [7, 11) is 0. The van der Waals surface area contributed by atoms with Crippen molar-refractivity contribution in [1.82, 2.24) is 0 Å². The van der Waals surface area contributed by atoms with Crippen molar-refractivity contribution in [2.75, 3.05) is 0 Å². The van der Waals surface area contributed by atoms with E-state index in [0.717, 1.165) is 35.0 Å². The Morgan fingerprint density at radius 2 is 0.917 bits per heavy atom. The molecule has 0 saturated heterocycles. The summed E-state index contributed by atoms with van der Waals surface area (Å²) in [5, 5.41) is 2.71. The topological polar surface area (TPSA) is 52.6 Å². The van der Waals surface area contributed by atoms with E-state index in [9.17, 15) is 27.2 Å². The second-order valence-corrected chi connectivity index (χ2v) is 7.81. The number of carbonyl (C=O) groups is 2. The van der Waals surface area contributed by atoms with Crippen molar-refractivity contribution in [3.63, 3.8) is 0 Å². The van der Waals surface area contributed by atoms with Crippen LogP contribution >= 0.6 is 0 Å². The maximum absolute atomic E-state index is 14.0. The predicted octanol–water partition coefficient (Wildman–Crippen LogP) is 6.99. The van der Waals surface area contributed by atoms with E-state index in [1.807, 2.05) is 12.1 Å². The minimum atomic E-state index is -1.31. The van der Waals surface area contributed by atoms with Crippen molar-refractivity contribution < 1.29 is 36.6 Å². The molecule has 0 N–H and O–H groups in total. The summed E-state index contributed by atoms with van der Waals surface area (Å²) in [4.78, 5) is 24.8. The summed E-state index contributed by atoms with van der Waals surface area (Å²) in [6.45, 7) is 0. The summed E-state index contributed by atoms with van der Waals surface area (Å²) in [6, 6.07) is 19.4. The SMILES string of the molecule is O=C(Oc1ccc2ccc3ccc(OC(=O)c4cccc(F)c4F)cc3c2c1)c1cccc(F)c1F. The maximum atomic E-state index is 14.0. The third-order valence-corrected chi connectivity index (χ3v) is 5.55. The molecule has 0 unspecified atom stereocenters. The highest BCUT2D eigenvalue weighted by Crippen LogP contribution is 2.32. The first-order chi connectivity index (χ1) is 17.3. The van der Waals surface area contributed by atoms with Crippen LogP contribution in [0.25, 0.3) is 21.5 Å². The highest BCUT2D eigenvalue weighted by atomic mass is 19.2. The molecule has 0 radical (unpaired) electrons. The molecule has 0 spiro atoms. The van der Waals surface area contributed by atoms with Crippen molar-refractivity contribution in [1.29, 1.82) is 0 Å². The molecule has 0 aliphatic heterocycles. The zero-order chi connectivity index (χ0) is 25.4. The minimum Gasteiger partial charge on any atom is -0.423 e. The monoisotopic (exact) mass is 490 g/mol. The molecule has 5 aromatic carbocycles. The lowest BCUT2D eigenvalue weighted by atomic mass is 10.0. The van der Waals surface area contributed by atoms with Crippen LogP contribution in [-0.2, 0) is 0 Å². The Hall–Kier alpha value is -4.72. The standard InChI is InChI=1S/C28H14F4O4/c29-23-5-1-3-19(25(23)31)27(33)35-17-11-9-15-7-8-16-10-12-18(14-22(16)21(15)13-17)36-28(34)20-4-2-6-24(30)26(20)32/h1-14H. The van der Waals surface area contributed by atoms with Gasteiger partial charge in [0.25, 0.3) is 0 Å². The first kappa shape index (κ1) is 23.0. The van der Waals surface area contributed by atoms with Crippen molar-refractivity contribution in [3.8, 4) is 11.5 Å². The highest BCUT2D eigenvalue weighted by Gasteiger charge is 2.19. The van der Waals surface area contributed by atoms with Crippen LogP contribution < -0.4 is 9.47 Å². The summed E-state index contributed by atoms with van der Waals surface area (Å²) < 4.78 is 65.4. The number of carbonyl (C=O) groups excluding carboxylic acids is 2. The van der Waals surface area contributed by atoms with Crippen molar-refractivity contribution in [2.45, 2.75) is 0 Å². The smallest absolute Gasteiger partial charge is 0.346 e. The van der Waals surface area contributed by atoms with Crippen LogP contribution in [-0.4, -0.2) is 11.9 Å². The van der Waals surface area contributed by atoms with E-state index < -0.39 is 46.3 Å². The lowest BCUT2D eigenvalue weighted by molar-refractivity contribution is 0.0719. The number of hydrogen-bond donors (Lipinski definition) is 0. The average Bonchev–Trinajstić information content (AvgIpc) is 2.87. The first-order valence-corrected chi connectivity index (χ1v) is 10.6. The van der Waals surface area contributed by atoms with Crippen LogP contribution in [0.3, 0.4) is 0 Å². The Labute approximate surface area is 201 Å². The number of ether oxygens (including phenoxy) is 2. The van der Waals surface area contributed by atoms with Gasteiger partial charge in [0.2, 0.25) is 0 Å². The molecule has 5 rings (SSSR count). The van der Waals surface area contributed by atoms with Gasteiger partial charge in [-0.2, -0.15) is 0 Å². The summed E-state index contributed by atoms with van der Waals surface area (Å²) in [5.74, 6) is -6.95. The molecule has 0 heterocycles. The number of fused-ring (bicyclic) bond motifs is 3. The number of hydrogen-bond acceptors (Lipinski definition) is 4. The van der Waals surface area contributed by atoms with E-state index in [0.29, 0.717) is 10.8 Å². The van der Waals surface area contributed by atoms with Crippen LogP contribution in [0.4, 0.5) is 17.6 Å². The zero-order valence-corrected chi connectivity index (χ0v) is 18.2. The van der Waals surface area contributed by atoms with Crippen LogP contribution in [0.1, 0.15) is 20.7 Å². The largest absolute Gasteiger partial charge is 0.423 e. The fourth-order valence-corrected chi connectivity index (χ4v) is 3.78. The van der Waals surface area contributed by atoms with Gasteiger partial charge in [0.05, 0.1) is 11.1 Å². The van der Waals surface area contributed by atoms with Crippen LogP contribution in [0.15, 0.2) is 84.9 Å². The van der Waals surface area contributed by atoms with Gasteiger partial charge in [0.1, 0.15) is 11.5 Å². The van der Waals surface area contributed by atoms with Gasteiger partial charge in [-0.15, -0.1) is 0 Å². The van der Waals surface area contributed by atoms with E-state index in [4.69, 9.17) is 9.47 Å². The molecule has 0 aliphatic carbocycles. The van der Waals surface area contributed by atoms with Crippen molar-refractivity contribution in [3.05, 3.63) is 119 Å². The van der Waals surface area contributed by atoms with E-state index in [1.165, 1.54) is 36.4 Å². The zero-order valence-electron chi connectivity index (χ0n) is 18.2. The number of benzene rings is 5. The third-order valence-electron chi connectivity index (χ3n) is 5.55. The summed E-state index contributed by atoms with van der Waals surface area (Å²) in [5.41, 5.74) is -1.10. The van der Waals surface area contributed by atoms with E-state index in [-0.39, 0.29) is 11.5 Å². The van der Waals surface area contributed by atoms with Gasteiger partial charge in [-0.25, -0.2) is 27.2 Å². The number of halogens is 4. The Bertz CT molecular complexity index is 1560. The minimum absolute atomic E-state index is 0.0768. The molecule has 178 valence electrons. The molecule has 0 amide bonds. The number of rotatable bonds is 4. The highest BCUT2D eigenvalue weighted by molar-refractivity contribution is 6.09. The molecular formula is C28H14F4O4. The van der Waals surface area contributed by atoms with Gasteiger partial charge in [0.15, 0.2) is 23.3 Å². The lowest BCUT2D eigenvalue weighted by Gasteiger charge is -2.10. The van der Waals surface area contributed by atoms with Crippen molar-refractivity contribution in [2.24, 2.45) is 0 Å². The number of esters is 2. The Kier molecular flexibility index (Phi) is 5.85. The molecule has 0 fully saturated rings. The molecule has 4 nitrogen and oxygen atoms in total. The molecule has 0 aliphatic rings. The first-order valence-electron chi connectivity index (χ1n) is 10.6. The van der Waals surface area contributed by atoms with Crippen LogP contribution in [0, 0.1) is 23.3 Å². The molecule has 0 saturated carbocycles. The quantitative estimate of drug-likeness (QED) is 0.118. The van der Waals surface area contributed by atoms with Gasteiger partial charge < -0.3 is 9.47 Å². The fraction of sp³-hybridized carbons (Fsp3) is 0. The Morgan fingerprint density at radius 3 is 1.33 bits per heavy atom. The van der Waals surface area contributed by atoms with Gasteiger partial charge in [-0.1, -0.05) is 36.4 Å². The van der Waals surface area contributed by atoms with Crippen LogP contribution in [0.5, 0.6) is 11.5 Å². The molecule has 8 heteroatoms. The van der Waals surface area contributed by atoms with Gasteiger partial charge in [0, 0.05) is 0 Å². The summed E-state index contributed by atoms with van der Waals surface area (Å²) >= 11 is 0. The van der Waals surface area contributed by atoms with Gasteiger partial charge >= 0.3 is 11.9 Å².